The first-order valence-electron chi connectivity index (χ1n) is 14.5. The minimum atomic E-state index is -1.06. The van der Waals surface area contributed by atoms with Crippen LogP contribution in [0.4, 0.5) is 0 Å². The van der Waals surface area contributed by atoms with Crippen molar-refractivity contribution in [1.29, 1.82) is 0 Å². The lowest BCUT2D eigenvalue weighted by Crippen LogP contribution is -2.56. The van der Waals surface area contributed by atoms with Crippen LogP contribution in [0.15, 0.2) is 42.9 Å². The lowest BCUT2D eigenvalue weighted by molar-refractivity contribution is -0.131. The van der Waals surface area contributed by atoms with Crippen molar-refractivity contribution in [2.45, 2.75) is 95.9 Å². The highest BCUT2D eigenvalue weighted by atomic mass is 16.3. The van der Waals surface area contributed by atoms with Crippen molar-refractivity contribution in [1.82, 2.24) is 25.9 Å². The molecule has 10 heteroatoms. The second kappa shape index (κ2) is 16.1. The Bertz CT molecular complexity index is 1040. The molecule has 7 N–H and O–H groups in total. The number of benzene rings is 1. The number of aliphatic hydroxyl groups is 1. The van der Waals surface area contributed by atoms with Gasteiger partial charge in [-0.15, -0.1) is 0 Å². The van der Waals surface area contributed by atoms with Gasteiger partial charge in [-0.3, -0.25) is 14.4 Å². The fourth-order valence-corrected chi connectivity index (χ4v) is 5.16. The van der Waals surface area contributed by atoms with Crippen LogP contribution >= 0.6 is 0 Å². The van der Waals surface area contributed by atoms with E-state index in [1.807, 2.05) is 44.2 Å². The van der Waals surface area contributed by atoms with E-state index in [9.17, 15) is 19.5 Å². The van der Waals surface area contributed by atoms with Crippen molar-refractivity contribution in [2.75, 3.05) is 6.54 Å². The molecule has 0 aliphatic heterocycles. The number of carbonyl (C=O) groups is 3. The average Bonchev–Trinajstić information content (AvgIpc) is 3.45. The number of nitrogens with two attached hydrogens (primary N) is 1. The summed E-state index contributed by atoms with van der Waals surface area (Å²) in [5, 5.41) is 19.7. The van der Waals surface area contributed by atoms with Crippen molar-refractivity contribution in [3.8, 4) is 0 Å². The average molecular weight is 555 g/mol. The highest BCUT2D eigenvalue weighted by molar-refractivity contribution is 5.90. The Kier molecular flexibility index (Phi) is 12.6. The van der Waals surface area contributed by atoms with E-state index in [0.717, 1.165) is 31.2 Å². The normalized spacial score (nSPS) is 17.0. The predicted octanol–water partition coefficient (Wildman–Crippen LogP) is 1.99. The van der Waals surface area contributed by atoms with Crippen LogP contribution in [0, 0.1) is 11.8 Å². The first-order chi connectivity index (χ1) is 19.2. The van der Waals surface area contributed by atoms with Crippen molar-refractivity contribution >= 4 is 17.7 Å². The number of aromatic amines is 1. The number of H-pyrrole nitrogens is 1. The van der Waals surface area contributed by atoms with E-state index in [-0.39, 0.29) is 18.7 Å². The van der Waals surface area contributed by atoms with Gasteiger partial charge in [0.25, 0.3) is 0 Å². The van der Waals surface area contributed by atoms with E-state index in [2.05, 4.69) is 25.9 Å². The quantitative estimate of drug-likeness (QED) is 0.197. The number of carbonyl (C=O) groups excluding carboxylic acids is 3. The summed E-state index contributed by atoms with van der Waals surface area (Å²) in [5.41, 5.74) is 7.73. The molecule has 0 unspecified atom stereocenters. The second-order valence-corrected chi connectivity index (χ2v) is 11.4. The number of hydrogen-bond donors (Lipinski definition) is 6. The third kappa shape index (κ3) is 10.7. The highest BCUT2D eigenvalue weighted by Crippen LogP contribution is 2.28. The molecule has 10 nitrogen and oxygen atoms in total. The molecule has 220 valence electrons. The van der Waals surface area contributed by atoms with Gasteiger partial charge in [0.15, 0.2) is 0 Å². The Morgan fingerprint density at radius 1 is 1.05 bits per heavy atom. The summed E-state index contributed by atoms with van der Waals surface area (Å²) in [6, 6.07) is 7.04. The first-order valence-corrected chi connectivity index (χ1v) is 14.5. The van der Waals surface area contributed by atoms with E-state index >= 15 is 0 Å². The lowest BCUT2D eigenvalue weighted by Gasteiger charge is -2.31. The zero-order valence-corrected chi connectivity index (χ0v) is 23.8. The van der Waals surface area contributed by atoms with Crippen molar-refractivity contribution in [2.24, 2.45) is 17.6 Å². The second-order valence-electron chi connectivity index (χ2n) is 11.4. The predicted molar refractivity (Wildman–Crippen MR) is 154 cm³/mol. The summed E-state index contributed by atoms with van der Waals surface area (Å²) in [6.45, 7) is 4.52. The smallest absolute Gasteiger partial charge is 0.243 e. The van der Waals surface area contributed by atoms with E-state index in [1.54, 1.807) is 6.20 Å². The molecule has 1 aromatic carbocycles. The highest BCUT2D eigenvalue weighted by Gasteiger charge is 2.31. The standard InChI is InChI=1S/C30H46N6O4/c1-20(2)17-33-28(38)16-27(37)25(14-22-11-7-4-8-12-22)35-30(40)26(15-23-18-32-19-34-23)36-29(39)24(31)13-21-9-5-3-6-10-21/h3,5-6,9-10,18-20,22,24-27,37H,4,7-8,11-17,31H2,1-2H3,(H,32,34)(H,33,38)(H,35,40)(H,36,39)/t24-,25-,26-,27-/m0/s1. The largest absolute Gasteiger partial charge is 0.390 e. The van der Waals surface area contributed by atoms with Gasteiger partial charge in [0.2, 0.25) is 17.7 Å². The van der Waals surface area contributed by atoms with E-state index in [0.29, 0.717) is 36.9 Å². The fraction of sp³-hybridized carbons (Fsp3) is 0.600. The molecule has 3 amide bonds. The minimum Gasteiger partial charge on any atom is -0.390 e. The third-order valence-electron chi connectivity index (χ3n) is 7.44. The number of aliphatic hydroxyl groups excluding tert-OH is 1. The molecule has 0 bridgehead atoms. The summed E-state index contributed by atoms with van der Waals surface area (Å²) >= 11 is 0. The molecule has 0 saturated heterocycles. The number of hydrogen-bond acceptors (Lipinski definition) is 6. The van der Waals surface area contributed by atoms with Crippen LogP contribution in [-0.4, -0.2) is 63.6 Å². The molecule has 3 rings (SSSR count). The van der Waals surface area contributed by atoms with E-state index in [4.69, 9.17) is 5.73 Å². The summed E-state index contributed by atoms with van der Waals surface area (Å²) < 4.78 is 0. The Morgan fingerprint density at radius 2 is 1.77 bits per heavy atom. The Labute approximate surface area is 237 Å². The van der Waals surface area contributed by atoms with Gasteiger partial charge >= 0.3 is 0 Å². The molecular formula is C30H46N6O4. The fourth-order valence-electron chi connectivity index (χ4n) is 5.16. The minimum absolute atomic E-state index is 0.108. The number of aromatic nitrogens is 2. The molecule has 0 radical (unpaired) electrons. The molecule has 1 saturated carbocycles. The SMILES string of the molecule is CC(C)CNC(=O)C[C@H](O)[C@H](CC1CCCCC1)NC(=O)[C@H](Cc1c[nH]cn1)NC(=O)[C@@H](N)Cc1ccccc1. The molecule has 1 aliphatic rings. The molecule has 0 spiro atoms. The number of amides is 3. The Hall–Kier alpha value is -3.24. The molecule has 4 atom stereocenters. The van der Waals surface area contributed by atoms with Gasteiger partial charge in [0.1, 0.15) is 6.04 Å². The topological polar surface area (TPSA) is 162 Å². The van der Waals surface area contributed by atoms with Gasteiger partial charge in [0.05, 0.1) is 36.6 Å². The number of imidazole rings is 1. The van der Waals surface area contributed by atoms with Crippen LogP contribution in [-0.2, 0) is 27.2 Å². The maximum atomic E-state index is 13.6. The maximum Gasteiger partial charge on any atom is 0.243 e. The van der Waals surface area contributed by atoms with Crippen LogP contribution < -0.4 is 21.7 Å². The summed E-state index contributed by atoms with van der Waals surface area (Å²) in [7, 11) is 0. The van der Waals surface area contributed by atoms with Crippen molar-refractivity contribution in [3.05, 3.63) is 54.1 Å². The lowest BCUT2D eigenvalue weighted by atomic mass is 9.83. The molecule has 1 aromatic heterocycles. The zero-order valence-electron chi connectivity index (χ0n) is 23.8. The summed E-state index contributed by atoms with van der Waals surface area (Å²) in [6.07, 6.45) is 8.56. The first kappa shape index (κ1) is 31.3. The monoisotopic (exact) mass is 554 g/mol. The van der Waals surface area contributed by atoms with Crippen molar-refractivity contribution in [3.63, 3.8) is 0 Å². The van der Waals surface area contributed by atoms with Gasteiger partial charge in [0, 0.05) is 19.2 Å². The number of rotatable bonds is 15. The third-order valence-corrected chi connectivity index (χ3v) is 7.44. The van der Waals surface area contributed by atoms with Gasteiger partial charge < -0.3 is 31.8 Å². The van der Waals surface area contributed by atoms with Crippen LogP contribution in [0.25, 0.3) is 0 Å². The van der Waals surface area contributed by atoms with Crippen molar-refractivity contribution < 1.29 is 19.5 Å². The molecule has 1 aliphatic carbocycles. The van der Waals surface area contributed by atoms with Crippen LogP contribution in [0.1, 0.15) is 70.1 Å². The van der Waals surface area contributed by atoms with Crippen LogP contribution in [0.2, 0.25) is 0 Å². The molecule has 40 heavy (non-hydrogen) atoms. The molecule has 2 aromatic rings. The van der Waals surface area contributed by atoms with Gasteiger partial charge in [-0.25, -0.2) is 4.98 Å². The number of nitrogens with one attached hydrogen (secondary N) is 4. The van der Waals surface area contributed by atoms with E-state index in [1.165, 1.54) is 12.7 Å². The van der Waals surface area contributed by atoms with Crippen LogP contribution in [0.5, 0.6) is 0 Å². The van der Waals surface area contributed by atoms with Gasteiger partial charge in [-0.05, 0) is 30.2 Å². The molecule has 1 fully saturated rings. The number of nitrogens with zero attached hydrogens (tertiary/aromatic N) is 1. The van der Waals surface area contributed by atoms with Gasteiger partial charge in [-0.2, -0.15) is 0 Å². The molecular weight excluding hydrogens is 508 g/mol. The maximum absolute atomic E-state index is 13.6. The van der Waals surface area contributed by atoms with E-state index < -0.39 is 36.0 Å². The van der Waals surface area contributed by atoms with Crippen LogP contribution in [0.3, 0.4) is 0 Å². The molecule has 1 heterocycles. The summed E-state index contributed by atoms with van der Waals surface area (Å²) in [5.74, 6) is -0.496. The zero-order chi connectivity index (χ0) is 28.9. The Balaban J connectivity index is 1.70. The Morgan fingerprint density at radius 3 is 2.42 bits per heavy atom. The van der Waals surface area contributed by atoms with Gasteiger partial charge in [-0.1, -0.05) is 76.3 Å². The summed E-state index contributed by atoms with van der Waals surface area (Å²) in [4.78, 5) is 46.3.